The number of rotatable bonds is 6. The van der Waals surface area contributed by atoms with Crippen LogP contribution in [-0.2, 0) is 24.1 Å². The van der Waals surface area contributed by atoms with Gasteiger partial charge in [0.15, 0.2) is 11.8 Å². The number of hydrogen-bond acceptors (Lipinski definition) is 4. The molecule has 2 heterocycles. The Morgan fingerprint density at radius 2 is 2.11 bits per heavy atom. The molecule has 8 heteroatoms. The maximum Gasteiger partial charge on any atom is 0.191 e. The summed E-state index contributed by atoms with van der Waals surface area (Å²) in [4.78, 5) is 9.34. The summed E-state index contributed by atoms with van der Waals surface area (Å²) in [6.45, 7) is 8.77. The average Bonchev–Trinajstić information content (AvgIpc) is 3.02. The summed E-state index contributed by atoms with van der Waals surface area (Å²) in [6.07, 6.45) is 8.35. The van der Waals surface area contributed by atoms with Crippen LogP contribution in [0.3, 0.4) is 0 Å². The monoisotopic (exact) mass is 502 g/mol. The predicted octanol–water partition coefficient (Wildman–Crippen LogP) is 2.68. The minimum atomic E-state index is 0. The first-order chi connectivity index (χ1) is 13.2. The quantitative estimate of drug-likeness (QED) is 0.356. The van der Waals surface area contributed by atoms with Crippen LogP contribution in [-0.4, -0.2) is 52.1 Å². The molecule has 3 aliphatic rings. The highest BCUT2D eigenvalue weighted by molar-refractivity contribution is 14.0. The zero-order valence-corrected chi connectivity index (χ0v) is 19.7. The third kappa shape index (κ3) is 4.04. The topological polar surface area (TPSA) is 76.4 Å². The first-order valence-electron chi connectivity index (χ1n) is 10.8. The second kappa shape index (κ2) is 9.28. The number of nitrogens with zero attached hydrogens (tertiary/aromatic N) is 4. The number of ether oxygens (including phenoxy) is 1. The average molecular weight is 502 g/mol. The number of fused-ring (bicyclic) bond motifs is 1. The van der Waals surface area contributed by atoms with Crippen molar-refractivity contribution in [1.29, 1.82) is 0 Å². The van der Waals surface area contributed by atoms with Gasteiger partial charge < -0.3 is 15.4 Å². The number of aliphatic imine (C=N–C) groups is 1. The van der Waals surface area contributed by atoms with Crippen molar-refractivity contribution in [3.63, 3.8) is 0 Å². The molecule has 1 aliphatic heterocycles. The lowest BCUT2D eigenvalue weighted by Gasteiger charge is -2.61. The molecule has 3 unspecified atom stereocenters. The van der Waals surface area contributed by atoms with Crippen molar-refractivity contribution >= 4 is 29.9 Å². The van der Waals surface area contributed by atoms with Crippen molar-refractivity contribution in [3.05, 3.63) is 11.6 Å². The number of aryl methyl sites for hydroxylation is 2. The molecule has 2 aliphatic carbocycles. The highest BCUT2D eigenvalue weighted by atomic mass is 127. The van der Waals surface area contributed by atoms with Gasteiger partial charge in [-0.25, -0.2) is 9.67 Å². The van der Waals surface area contributed by atoms with Crippen molar-refractivity contribution in [2.45, 2.75) is 90.4 Å². The van der Waals surface area contributed by atoms with Crippen LogP contribution in [0, 0.1) is 5.41 Å². The van der Waals surface area contributed by atoms with Crippen LogP contribution in [0.5, 0.6) is 0 Å². The van der Waals surface area contributed by atoms with E-state index in [2.05, 4.69) is 46.2 Å². The van der Waals surface area contributed by atoms with E-state index in [1.54, 1.807) is 0 Å². The first kappa shape index (κ1) is 21.8. The van der Waals surface area contributed by atoms with Crippen molar-refractivity contribution < 1.29 is 4.74 Å². The molecule has 28 heavy (non-hydrogen) atoms. The van der Waals surface area contributed by atoms with Gasteiger partial charge in [0.1, 0.15) is 5.82 Å². The highest BCUT2D eigenvalue weighted by Crippen LogP contribution is 2.57. The summed E-state index contributed by atoms with van der Waals surface area (Å²) >= 11 is 0. The van der Waals surface area contributed by atoms with Crippen molar-refractivity contribution in [1.82, 2.24) is 25.4 Å². The van der Waals surface area contributed by atoms with E-state index < -0.39 is 0 Å². The van der Waals surface area contributed by atoms with E-state index in [1.807, 2.05) is 0 Å². The van der Waals surface area contributed by atoms with Crippen LogP contribution < -0.4 is 10.6 Å². The second-order valence-corrected chi connectivity index (χ2v) is 8.15. The molecule has 4 rings (SSSR count). The summed E-state index contributed by atoms with van der Waals surface area (Å²) in [5.74, 6) is 3.03. The lowest BCUT2D eigenvalue weighted by Crippen LogP contribution is -2.69. The van der Waals surface area contributed by atoms with E-state index >= 15 is 0 Å². The fourth-order valence-corrected chi connectivity index (χ4v) is 4.92. The molecule has 1 aromatic heterocycles. The van der Waals surface area contributed by atoms with E-state index in [0.717, 1.165) is 63.0 Å². The molecule has 0 aromatic carbocycles. The van der Waals surface area contributed by atoms with Crippen LogP contribution in [0.1, 0.15) is 64.5 Å². The smallest absolute Gasteiger partial charge is 0.191 e. The molecule has 1 spiro atoms. The molecule has 7 nitrogen and oxygen atoms in total. The van der Waals surface area contributed by atoms with Gasteiger partial charge >= 0.3 is 0 Å². The Bertz CT molecular complexity index is 686. The van der Waals surface area contributed by atoms with E-state index in [1.165, 1.54) is 19.3 Å². The predicted molar refractivity (Wildman–Crippen MR) is 121 cm³/mol. The van der Waals surface area contributed by atoms with Crippen LogP contribution in [0.15, 0.2) is 4.99 Å². The van der Waals surface area contributed by atoms with Crippen molar-refractivity contribution in [2.75, 3.05) is 13.2 Å². The molecule has 158 valence electrons. The molecule has 3 atom stereocenters. The SMILES string of the molecule is CCN=C(NC1CCc2nc(CC)nn2C1)NC1CC(OCC)C12CCC2.I. The first-order valence-corrected chi connectivity index (χ1v) is 10.8. The summed E-state index contributed by atoms with van der Waals surface area (Å²) < 4.78 is 8.07. The Balaban J connectivity index is 0.00000225. The number of nitrogens with one attached hydrogen (secondary N) is 2. The number of aromatic nitrogens is 3. The molecule has 1 aromatic rings. The van der Waals surface area contributed by atoms with Crippen molar-refractivity contribution in [2.24, 2.45) is 10.4 Å². The number of hydrogen-bond donors (Lipinski definition) is 2. The van der Waals surface area contributed by atoms with Gasteiger partial charge in [-0.2, -0.15) is 5.10 Å². The van der Waals surface area contributed by atoms with Gasteiger partial charge in [0.2, 0.25) is 0 Å². The second-order valence-electron chi connectivity index (χ2n) is 8.15. The van der Waals surface area contributed by atoms with Gasteiger partial charge in [0, 0.05) is 43.5 Å². The maximum absolute atomic E-state index is 5.99. The Hall–Kier alpha value is -0.900. The molecule has 0 saturated heterocycles. The normalized spacial score (nSPS) is 28.0. The molecule has 2 fully saturated rings. The fourth-order valence-electron chi connectivity index (χ4n) is 4.92. The Kier molecular flexibility index (Phi) is 7.22. The van der Waals surface area contributed by atoms with E-state index in [9.17, 15) is 0 Å². The zero-order chi connectivity index (χ0) is 18.9. The third-order valence-electron chi connectivity index (χ3n) is 6.62. The van der Waals surface area contributed by atoms with E-state index in [0.29, 0.717) is 23.6 Å². The summed E-state index contributed by atoms with van der Waals surface area (Å²) in [5.41, 5.74) is 0.341. The maximum atomic E-state index is 5.99. The lowest BCUT2D eigenvalue weighted by molar-refractivity contribution is -0.168. The third-order valence-corrected chi connectivity index (χ3v) is 6.62. The van der Waals surface area contributed by atoms with Gasteiger partial charge in [-0.1, -0.05) is 13.3 Å². The fraction of sp³-hybridized carbons (Fsp3) is 0.850. The molecule has 0 radical (unpaired) electrons. The van der Waals surface area contributed by atoms with Crippen LogP contribution in [0.25, 0.3) is 0 Å². The van der Waals surface area contributed by atoms with Gasteiger partial charge in [-0.15, -0.1) is 24.0 Å². The molecule has 2 saturated carbocycles. The lowest BCUT2D eigenvalue weighted by atomic mass is 9.51. The number of guanidine groups is 1. The minimum absolute atomic E-state index is 0. The standard InChI is InChI=1S/C20H34N6O.HI/c1-4-17-24-18-9-8-14(13-26(18)25-17)22-19(21-5-2)23-15-12-16(27-6-3)20(15)10-7-11-20;/h14-16H,4-13H2,1-3H3,(H2,21,22,23);1H. The molecular formula is C20H35IN6O. The van der Waals surface area contributed by atoms with Gasteiger partial charge in [0.05, 0.1) is 12.6 Å². The largest absolute Gasteiger partial charge is 0.378 e. The van der Waals surface area contributed by atoms with Crippen LogP contribution in [0.4, 0.5) is 0 Å². The van der Waals surface area contributed by atoms with Crippen molar-refractivity contribution in [3.8, 4) is 0 Å². The molecule has 0 amide bonds. The summed E-state index contributed by atoms with van der Waals surface area (Å²) in [5, 5.41) is 12.0. The van der Waals surface area contributed by atoms with E-state index in [-0.39, 0.29) is 24.0 Å². The van der Waals surface area contributed by atoms with Crippen LogP contribution >= 0.6 is 24.0 Å². The molecule has 2 N–H and O–H groups in total. The Morgan fingerprint density at radius 3 is 2.75 bits per heavy atom. The van der Waals surface area contributed by atoms with E-state index in [4.69, 9.17) is 9.73 Å². The van der Waals surface area contributed by atoms with Gasteiger partial charge in [0.25, 0.3) is 0 Å². The zero-order valence-electron chi connectivity index (χ0n) is 17.4. The molecular weight excluding hydrogens is 467 g/mol. The Morgan fingerprint density at radius 1 is 1.29 bits per heavy atom. The highest BCUT2D eigenvalue weighted by Gasteiger charge is 2.59. The van der Waals surface area contributed by atoms with Gasteiger partial charge in [-0.3, -0.25) is 4.99 Å². The Labute approximate surface area is 185 Å². The summed E-state index contributed by atoms with van der Waals surface area (Å²) in [6, 6.07) is 0.833. The van der Waals surface area contributed by atoms with Gasteiger partial charge in [-0.05, 0) is 39.5 Å². The molecule has 0 bridgehead atoms. The summed E-state index contributed by atoms with van der Waals surface area (Å²) in [7, 11) is 0. The van der Waals surface area contributed by atoms with Crippen LogP contribution in [0.2, 0.25) is 0 Å². The minimum Gasteiger partial charge on any atom is -0.378 e. The number of halogens is 1.